The SMILES string of the molecule is CCCP(=O)(OCC)C(CC)=C(CC)O[PH](=O)O. The predicted octanol–water partition coefficient (Wildman–Crippen LogP) is 4.14. The monoisotopic (exact) mass is 298 g/mol. The molecule has 0 fully saturated rings. The molecule has 18 heavy (non-hydrogen) atoms. The zero-order valence-corrected chi connectivity index (χ0v) is 13.5. The summed E-state index contributed by atoms with van der Waals surface area (Å²) in [5.41, 5.74) is 0. The first-order chi connectivity index (χ1) is 8.45. The second-order valence-corrected chi connectivity index (χ2v) is 7.09. The van der Waals surface area contributed by atoms with Crippen LogP contribution in [0.15, 0.2) is 11.1 Å². The lowest BCUT2D eigenvalue weighted by atomic mass is 10.3. The molecule has 1 N–H and O–H groups in total. The fourth-order valence-corrected chi connectivity index (χ4v) is 5.04. The van der Waals surface area contributed by atoms with Crippen LogP contribution in [0.3, 0.4) is 0 Å². The molecule has 0 saturated heterocycles. The second-order valence-electron chi connectivity index (χ2n) is 3.76. The van der Waals surface area contributed by atoms with Crippen LogP contribution in [0.1, 0.15) is 47.0 Å². The van der Waals surface area contributed by atoms with Crippen molar-refractivity contribution in [2.24, 2.45) is 0 Å². The highest BCUT2D eigenvalue weighted by Crippen LogP contribution is 2.58. The van der Waals surface area contributed by atoms with Crippen LogP contribution < -0.4 is 0 Å². The average molecular weight is 298 g/mol. The highest BCUT2D eigenvalue weighted by Gasteiger charge is 2.29. The van der Waals surface area contributed by atoms with Gasteiger partial charge < -0.3 is 13.9 Å². The third kappa shape index (κ3) is 5.27. The Hall–Kier alpha value is -0.0800. The second kappa shape index (κ2) is 8.92. The van der Waals surface area contributed by atoms with Crippen molar-refractivity contribution in [1.29, 1.82) is 0 Å². The number of rotatable bonds is 9. The largest absolute Gasteiger partial charge is 0.430 e. The topological polar surface area (TPSA) is 72.8 Å². The van der Waals surface area contributed by atoms with Crippen molar-refractivity contribution in [3.8, 4) is 0 Å². The van der Waals surface area contributed by atoms with E-state index in [1.165, 1.54) is 0 Å². The molecule has 0 rings (SSSR count). The molecule has 0 amide bonds. The first kappa shape index (κ1) is 17.9. The minimum Gasteiger partial charge on any atom is -0.430 e. The zero-order chi connectivity index (χ0) is 14.2. The van der Waals surface area contributed by atoms with Crippen molar-refractivity contribution in [3.63, 3.8) is 0 Å². The fourth-order valence-electron chi connectivity index (χ4n) is 1.85. The lowest BCUT2D eigenvalue weighted by Gasteiger charge is -2.22. The summed E-state index contributed by atoms with van der Waals surface area (Å²) in [5, 5.41) is 0.557. The van der Waals surface area contributed by atoms with Crippen LogP contribution >= 0.6 is 15.6 Å². The van der Waals surface area contributed by atoms with Crippen LogP contribution in [0, 0.1) is 0 Å². The molecule has 108 valence electrons. The number of allylic oxidation sites excluding steroid dienone is 2. The van der Waals surface area contributed by atoms with Crippen LogP contribution in [-0.4, -0.2) is 17.7 Å². The van der Waals surface area contributed by atoms with Gasteiger partial charge in [0.1, 0.15) is 5.76 Å². The smallest absolute Gasteiger partial charge is 0.364 e. The van der Waals surface area contributed by atoms with E-state index in [-0.39, 0.29) is 0 Å². The zero-order valence-electron chi connectivity index (χ0n) is 11.6. The molecule has 0 aliphatic rings. The molecule has 7 heteroatoms. The van der Waals surface area contributed by atoms with Gasteiger partial charge in [0.05, 0.1) is 11.9 Å². The van der Waals surface area contributed by atoms with E-state index < -0.39 is 15.6 Å². The van der Waals surface area contributed by atoms with Crippen molar-refractivity contribution >= 4 is 15.6 Å². The van der Waals surface area contributed by atoms with Gasteiger partial charge in [-0.1, -0.05) is 20.8 Å². The van der Waals surface area contributed by atoms with Crippen molar-refractivity contribution in [3.05, 3.63) is 11.1 Å². The highest BCUT2D eigenvalue weighted by molar-refractivity contribution is 7.63. The molecule has 0 aliphatic heterocycles. The average Bonchev–Trinajstić information content (AvgIpc) is 2.28. The Bertz CT molecular complexity index is 341. The van der Waals surface area contributed by atoms with E-state index in [1.54, 1.807) is 13.8 Å². The maximum atomic E-state index is 12.8. The van der Waals surface area contributed by atoms with E-state index in [1.807, 2.05) is 13.8 Å². The molecule has 2 unspecified atom stereocenters. The molecular weight excluding hydrogens is 274 g/mol. The lowest BCUT2D eigenvalue weighted by molar-refractivity contribution is 0.326. The van der Waals surface area contributed by atoms with E-state index in [4.69, 9.17) is 13.9 Å². The molecule has 2 atom stereocenters. The molecule has 0 heterocycles. The molecular formula is C11H24O5P2. The van der Waals surface area contributed by atoms with E-state index in [0.29, 0.717) is 36.7 Å². The van der Waals surface area contributed by atoms with Crippen molar-refractivity contribution in [2.45, 2.75) is 47.0 Å². The van der Waals surface area contributed by atoms with Gasteiger partial charge in [0.15, 0.2) is 0 Å². The summed E-state index contributed by atoms with van der Waals surface area (Å²) in [5.74, 6) is 0.342. The highest BCUT2D eigenvalue weighted by atomic mass is 31.2. The molecule has 0 aromatic carbocycles. The van der Waals surface area contributed by atoms with Gasteiger partial charge in [-0.25, -0.2) is 4.57 Å². The molecule has 0 radical (unpaired) electrons. The summed E-state index contributed by atoms with van der Waals surface area (Å²) < 4.78 is 34.0. The van der Waals surface area contributed by atoms with E-state index in [9.17, 15) is 9.13 Å². The van der Waals surface area contributed by atoms with Crippen LogP contribution in [0.5, 0.6) is 0 Å². The molecule has 0 aliphatic carbocycles. The summed E-state index contributed by atoms with van der Waals surface area (Å²) in [6, 6.07) is 0. The molecule has 0 spiro atoms. The first-order valence-electron chi connectivity index (χ1n) is 6.32. The molecule has 0 bridgehead atoms. The van der Waals surface area contributed by atoms with Crippen LogP contribution in [0.2, 0.25) is 0 Å². The molecule has 5 nitrogen and oxygen atoms in total. The van der Waals surface area contributed by atoms with Crippen molar-refractivity contribution in [2.75, 3.05) is 12.8 Å². The Morgan fingerprint density at radius 2 is 1.83 bits per heavy atom. The van der Waals surface area contributed by atoms with Crippen LogP contribution in [0.4, 0.5) is 0 Å². The third-order valence-electron chi connectivity index (χ3n) is 2.46. The number of hydrogen-bond donors (Lipinski definition) is 1. The predicted molar refractivity (Wildman–Crippen MR) is 74.3 cm³/mol. The Balaban J connectivity index is 5.49. The minimum absolute atomic E-state index is 0.342. The summed E-state index contributed by atoms with van der Waals surface area (Å²) in [4.78, 5) is 8.88. The Morgan fingerprint density at radius 3 is 2.17 bits per heavy atom. The number of hydrogen-bond acceptors (Lipinski definition) is 4. The summed E-state index contributed by atoms with van der Waals surface area (Å²) in [6.07, 6.45) is 2.09. The molecule has 0 aromatic rings. The van der Waals surface area contributed by atoms with E-state index in [0.717, 1.165) is 6.42 Å². The van der Waals surface area contributed by atoms with Crippen molar-refractivity contribution in [1.82, 2.24) is 0 Å². The quantitative estimate of drug-likeness (QED) is 0.511. The normalized spacial score (nSPS) is 17.8. The van der Waals surface area contributed by atoms with Gasteiger partial charge >= 0.3 is 8.25 Å². The van der Waals surface area contributed by atoms with Gasteiger partial charge in [-0.3, -0.25) is 4.57 Å². The maximum absolute atomic E-state index is 12.8. The van der Waals surface area contributed by atoms with Crippen molar-refractivity contribution < 1.29 is 23.1 Å². The van der Waals surface area contributed by atoms with E-state index >= 15 is 0 Å². The van der Waals surface area contributed by atoms with Crippen LogP contribution in [0.25, 0.3) is 0 Å². The fraction of sp³-hybridized carbons (Fsp3) is 0.818. The van der Waals surface area contributed by atoms with Gasteiger partial charge in [-0.05, 0) is 19.8 Å². The van der Waals surface area contributed by atoms with Gasteiger partial charge in [-0.2, -0.15) is 0 Å². The molecule has 0 saturated carbocycles. The summed E-state index contributed by atoms with van der Waals surface area (Å²) in [6.45, 7) is 7.73. The summed E-state index contributed by atoms with van der Waals surface area (Å²) >= 11 is 0. The lowest BCUT2D eigenvalue weighted by Crippen LogP contribution is -2.02. The maximum Gasteiger partial charge on any atom is 0.364 e. The van der Waals surface area contributed by atoms with Gasteiger partial charge in [0, 0.05) is 12.6 Å². The van der Waals surface area contributed by atoms with E-state index in [2.05, 4.69) is 0 Å². The standard InChI is InChI=1S/C11H24O5P2/c1-5-9-18(14,15-8-4)11(7-3)10(6-2)16-17(12)13/h17H,5-9H2,1-4H3,(H,12,13). The van der Waals surface area contributed by atoms with Gasteiger partial charge in [-0.15, -0.1) is 0 Å². The van der Waals surface area contributed by atoms with Gasteiger partial charge in [0.2, 0.25) is 7.37 Å². The summed E-state index contributed by atoms with van der Waals surface area (Å²) in [7, 11) is -6.01. The van der Waals surface area contributed by atoms with Crippen LogP contribution in [-0.2, 0) is 18.2 Å². The minimum atomic E-state index is -3.07. The Morgan fingerprint density at radius 1 is 1.22 bits per heavy atom. The van der Waals surface area contributed by atoms with Gasteiger partial charge in [0.25, 0.3) is 0 Å². The Kier molecular flexibility index (Phi) is 8.89. The third-order valence-corrected chi connectivity index (χ3v) is 5.98. The molecule has 0 aromatic heterocycles. The first-order valence-corrected chi connectivity index (χ1v) is 9.39. The Labute approximate surface area is 110 Å².